The Morgan fingerprint density at radius 3 is 2.36 bits per heavy atom. The molecule has 0 aliphatic heterocycles. The van der Waals surface area contributed by atoms with Crippen LogP contribution in [0.25, 0.3) is 0 Å². The zero-order chi connectivity index (χ0) is 8.48. The minimum atomic E-state index is 0.605. The van der Waals surface area contributed by atoms with Crippen LogP contribution in [0.5, 0.6) is 0 Å². The van der Waals surface area contributed by atoms with Gasteiger partial charge < -0.3 is 0 Å². The second-order valence-corrected chi connectivity index (χ2v) is 4.12. The Hall–Kier alpha value is -0.260. The van der Waals surface area contributed by atoms with Crippen molar-refractivity contribution in [3.63, 3.8) is 0 Å². The van der Waals surface area contributed by atoms with Crippen LogP contribution in [0.3, 0.4) is 0 Å². The van der Waals surface area contributed by atoms with Gasteiger partial charge in [0.05, 0.1) is 0 Å². The van der Waals surface area contributed by atoms with Crippen molar-refractivity contribution in [1.29, 1.82) is 0 Å². The molecular formula is C11H20. The van der Waals surface area contributed by atoms with Gasteiger partial charge in [-0.2, -0.15) is 0 Å². The van der Waals surface area contributed by atoms with Gasteiger partial charge in [0.25, 0.3) is 0 Å². The molecular weight excluding hydrogens is 132 g/mol. The number of allylic oxidation sites excluding steroid dienone is 2. The summed E-state index contributed by atoms with van der Waals surface area (Å²) in [7, 11) is 0. The summed E-state index contributed by atoms with van der Waals surface area (Å²) in [6.07, 6.45) is 6.45. The van der Waals surface area contributed by atoms with E-state index in [-0.39, 0.29) is 0 Å². The van der Waals surface area contributed by atoms with Crippen molar-refractivity contribution < 1.29 is 0 Å². The summed E-state index contributed by atoms with van der Waals surface area (Å²) in [6.45, 7) is 9.13. The molecule has 0 bridgehead atoms. The van der Waals surface area contributed by atoms with Crippen LogP contribution < -0.4 is 0 Å². The van der Waals surface area contributed by atoms with Crippen LogP contribution in [0.2, 0.25) is 0 Å². The Labute approximate surface area is 70.7 Å². The molecule has 1 rings (SSSR count). The van der Waals surface area contributed by atoms with Gasteiger partial charge in [-0.1, -0.05) is 25.5 Å². The smallest absolute Gasteiger partial charge is 0.00885 e. The van der Waals surface area contributed by atoms with Gasteiger partial charge in [0, 0.05) is 0 Å². The SMILES string of the molecule is CC=C(C)C1(CC)CC(C)C1. The first-order valence-corrected chi connectivity index (χ1v) is 4.78. The molecule has 0 unspecified atom stereocenters. The minimum Gasteiger partial charge on any atom is -0.0882 e. The van der Waals surface area contributed by atoms with Crippen LogP contribution in [0.15, 0.2) is 11.6 Å². The zero-order valence-electron chi connectivity index (χ0n) is 8.28. The van der Waals surface area contributed by atoms with Gasteiger partial charge in [0.15, 0.2) is 0 Å². The van der Waals surface area contributed by atoms with Crippen molar-refractivity contribution in [1.82, 2.24) is 0 Å². The highest BCUT2D eigenvalue weighted by molar-refractivity contribution is 5.15. The van der Waals surface area contributed by atoms with E-state index < -0.39 is 0 Å². The molecule has 0 heterocycles. The molecule has 0 amide bonds. The second kappa shape index (κ2) is 3.00. The second-order valence-electron chi connectivity index (χ2n) is 4.12. The van der Waals surface area contributed by atoms with Crippen molar-refractivity contribution in [2.24, 2.45) is 11.3 Å². The largest absolute Gasteiger partial charge is 0.0882 e. The van der Waals surface area contributed by atoms with Gasteiger partial charge in [0.1, 0.15) is 0 Å². The Kier molecular flexibility index (Phi) is 2.41. The summed E-state index contributed by atoms with van der Waals surface area (Å²) >= 11 is 0. The standard InChI is InChI=1S/C11H20/c1-5-10(4)11(6-2)7-9(3)8-11/h5,9H,6-8H2,1-4H3. The van der Waals surface area contributed by atoms with Crippen LogP contribution in [-0.4, -0.2) is 0 Å². The van der Waals surface area contributed by atoms with E-state index in [1.54, 1.807) is 5.57 Å². The Morgan fingerprint density at radius 2 is 2.09 bits per heavy atom. The fraction of sp³-hybridized carbons (Fsp3) is 0.818. The highest BCUT2D eigenvalue weighted by Crippen LogP contribution is 2.52. The fourth-order valence-electron chi connectivity index (χ4n) is 2.47. The molecule has 1 fully saturated rings. The summed E-state index contributed by atoms with van der Waals surface area (Å²) in [5.41, 5.74) is 2.21. The van der Waals surface area contributed by atoms with Crippen molar-refractivity contribution >= 4 is 0 Å². The number of hydrogen-bond acceptors (Lipinski definition) is 0. The first kappa shape index (κ1) is 8.83. The van der Waals surface area contributed by atoms with Gasteiger partial charge in [0.2, 0.25) is 0 Å². The first-order chi connectivity index (χ1) is 5.14. The molecule has 0 heteroatoms. The Morgan fingerprint density at radius 1 is 1.55 bits per heavy atom. The van der Waals surface area contributed by atoms with Crippen molar-refractivity contribution in [2.75, 3.05) is 0 Å². The quantitative estimate of drug-likeness (QED) is 0.528. The molecule has 0 spiro atoms. The van der Waals surface area contributed by atoms with Gasteiger partial charge >= 0.3 is 0 Å². The molecule has 1 saturated carbocycles. The van der Waals surface area contributed by atoms with E-state index in [1.165, 1.54) is 19.3 Å². The zero-order valence-corrected chi connectivity index (χ0v) is 8.28. The van der Waals surface area contributed by atoms with E-state index in [1.807, 2.05) is 0 Å². The third-order valence-corrected chi connectivity index (χ3v) is 3.42. The summed E-state index contributed by atoms with van der Waals surface area (Å²) in [5, 5.41) is 0. The maximum atomic E-state index is 2.36. The normalized spacial score (nSPS) is 38.5. The van der Waals surface area contributed by atoms with E-state index in [4.69, 9.17) is 0 Å². The summed E-state index contributed by atoms with van der Waals surface area (Å²) in [6, 6.07) is 0. The third kappa shape index (κ3) is 1.36. The molecule has 0 nitrogen and oxygen atoms in total. The van der Waals surface area contributed by atoms with E-state index in [0.29, 0.717) is 5.41 Å². The van der Waals surface area contributed by atoms with Crippen molar-refractivity contribution in [3.05, 3.63) is 11.6 Å². The summed E-state index contributed by atoms with van der Waals surface area (Å²) in [5.74, 6) is 0.963. The van der Waals surface area contributed by atoms with Gasteiger partial charge in [-0.25, -0.2) is 0 Å². The molecule has 0 saturated heterocycles. The maximum absolute atomic E-state index is 2.36. The fourth-order valence-corrected chi connectivity index (χ4v) is 2.47. The van der Waals surface area contributed by atoms with Crippen LogP contribution in [0.1, 0.15) is 47.0 Å². The lowest BCUT2D eigenvalue weighted by atomic mass is 9.58. The predicted octanol–water partition coefficient (Wildman–Crippen LogP) is 3.78. The topological polar surface area (TPSA) is 0 Å². The molecule has 1 aliphatic rings. The summed E-state index contributed by atoms with van der Waals surface area (Å²) < 4.78 is 0. The van der Waals surface area contributed by atoms with Crippen LogP contribution in [0.4, 0.5) is 0 Å². The van der Waals surface area contributed by atoms with Crippen LogP contribution in [0, 0.1) is 11.3 Å². The lowest BCUT2D eigenvalue weighted by Gasteiger charge is -2.47. The Balaban J connectivity index is 2.64. The average molecular weight is 152 g/mol. The molecule has 64 valence electrons. The average Bonchev–Trinajstić information content (AvgIpc) is 1.96. The highest BCUT2D eigenvalue weighted by atomic mass is 14.5. The third-order valence-electron chi connectivity index (χ3n) is 3.42. The molecule has 0 N–H and O–H groups in total. The Bertz CT molecular complexity index is 159. The van der Waals surface area contributed by atoms with Crippen LogP contribution >= 0.6 is 0 Å². The van der Waals surface area contributed by atoms with E-state index >= 15 is 0 Å². The van der Waals surface area contributed by atoms with Crippen molar-refractivity contribution in [3.8, 4) is 0 Å². The lowest BCUT2D eigenvalue weighted by Crippen LogP contribution is -2.36. The van der Waals surface area contributed by atoms with Crippen molar-refractivity contribution in [2.45, 2.75) is 47.0 Å². The van der Waals surface area contributed by atoms with Crippen LogP contribution in [-0.2, 0) is 0 Å². The van der Waals surface area contributed by atoms with Gasteiger partial charge in [-0.3, -0.25) is 0 Å². The van der Waals surface area contributed by atoms with E-state index in [9.17, 15) is 0 Å². The van der Waals surface area contributed by atoms with E-state index in [2.05, 4.69) is 33.8 Å². The molecule has 0 atom stereocenters. The lowest BCUT2D eigenvalue weighted by molar-refractivity contribution is 0.103. The number of hydrogen-bond donors (Lipinski definition) is 0. The predicted molar refractivity (Wildman–Crippen MR) is 50.6 cm³/mol. The minimum absolute atomic E-state index is 0.605. The van der Waals surface area contributed by atoms with E-state index in [0.717, 1.165) is 5.92 Å². The monoisotopic (exact) mass is 152 g/mol. The molecule has 0 aromatic heterocycles. The highest BCUT2D eigenvalue weighted by Gasteiger charge is 2.40. The maximum Gasteiger partial charge on any atom is -0.00885 e. The first-order valence-electron chi connectivity index (χ1n) is 4.78. The molecule has 11 heavy (non-hydrogen) atoms. The summed E-state index contributed by atoms with van der Waals surface area (Å²) in [4.78, 5) is 0. The molecule has 0 aromatic carbocycles. The number of rotatable bonds is 2. The molecule has 1 aliphatic carbocycles. The van der Waals surface area contributed by atoms with Gasteiger partial charge in [-0.15, -0.1) is 0 Å². The van der Waals surface area contributed by atoms with Gasteiger partial charge in [-0.05, 0) is 44.4 Å². The molecule has 0 radical (unpaired) electrons. The molecule has 0 aromatic rings.